The fraction of sp³-hybridized carbons (Fsp3) is 0.250. The van der Waals surface area contributed by atoms with Gasteiger partial charge in [0.15, 0.2) is 0 Å². The van der Waals surface area contributed by atoms with Crippen LogP contribution in [0.5, 0.6) is 5.75 Å². The van der Waals surface area contributed by atoms with Gasteiger partial charge < -0.3 is 4.18 Å². The highest BCUT2D eigenvalue weighted by Crippen LogP contribution is 2.29. The number of nitro groups is 1. The van der Waals surface area contributed by atoms with E-state index >= 15 is 0 Å². The Kier molecular flexibility index (Phi) is 4.42. The van der Waals surface area contributed by atoms with Crippen LogP contribution in [0.1, 0.15) is 22.3 Å². The Balaban J connectivity index is 2.46. The molecule has 7 heteroatoms. The first-order valence-corrected chi connectivity index (χ1v) is 8.30. The number of benzene rings is 2. The van der Waals surface area contributed by atoms with E-state index in [1.807, 2.05) is 19.9 Å². The van der Waals surface area contributed by atoms with E-state index in [1.165, 1.54) is 24.3 Å². The van der Waals surface area contributed by atoms with Crippen LogP contribution in [-0.2, 0) is 10.1 Å². The van der Waals surface area contributed by atoms with Gasteiger partial charge in [0.05, 0.1) is 4.92 Å². The molecular formula is C16H17NO5S. The van der Waals surface area contributed by atoms with E-state index < -0.39 is 15.0 Å². The molecule has 0 saturated carbocycles. The summed E-state index contributed by atoms with van der Waals surface area (Å²) in [7, 11) is -4.02. The monoisotopic (exact) mass is 335 g/mol. The minimum Gasteiger partial charge on any atom is -0.379 e. The molecule has 0 spiro atoms. The van der Waals surface area contributed by atoms with Gasteiger partial charge in [-0.1, -0.05) is 6.07 Å². The van der Waals surface area contributed by atoms with Crippen LogP contribution in [0.25, 0.3) is 0 Å². The number of nitro benzene ring substituents is 1. The van der Waals surface area contributed by atoms with Gasteiger partial charge >= 0.3 is 10.1 Å². The highest BCUT2D eigenvalue weighted by Gasteiger charge is 2.24. The minimum atomic E-state index is -4.02. The quantitative estimate of drug-likeness (QED) is 0.484. The van der Waals surface area contributed by atoms with Crippen molar-refractivity contribution in [2.24, 2.45) is 0 Å². The van der Waals surface area contributed by atoms with Crippen molar-refractivity contribution in [1.29, 1.82) is 0 Å². The number of aryl methyl sites for hydroxylation is 2. The second-order valence-electron chi connectivity index (χ2n) is 5.38. The summed E-state index contributed by atoms with van der Waals surface area (Å²) in [5, 5.41) is 10.6. The zero-order valence-electron chi connectivity index (χ0n) is 13.3. The predicted octanol–water partition coefficient (Wildman–Crippen LogP) is 3.60. The molecule has 6 nitrogen and oxygen atoms in total. The van der Waals surface area contributed by atoms with Crippen molar-refractivity contribution in [3.8, 4) is 5.75 Å². The summed E-state index contributed by atoms with van der Waals surface area (Å²) >= 11 is 0. The fourth-order valence-corrected chi connectivity index (χ4v) is 3.87. The largest absolute Gasteiger partial charge is 0.379 e. The van der Waals surface area contributed by atoms with Crippen LogP contribution in [0.2, 0.25) is 0 Å². The van der Waals surface area contributed by atoms with E-state index in [0.717, 1.165) is 11.1 Å². The molecule has 0 unspecified atom stereocenters. The molecule has 2 rings (SSSR count). The van der Waals surface area contributed by atoms with Gasteiger partial charge in [0.25, 0.3) is 5.69 Å². The first-order valence-electron chi connectivity index (χ1n) is 6.90. The van der Waals surface area contributed by atoms with Crippen molar-refractivity contribution < 1.29 is 17.5 Å². The van der Waals surface area contributed by atoms with Gasteiger partial charge in [-0.3, -0.25) is 10.1 Å². The Morgan fingerprint density at radius 3 is 1.87 bits per heavy atom. The molecule has 122 valence electrons. The zero-order chi connectivity index (χ0) is 17.4. The van der Waals surface area contributed by atoms with E-state index in [9.17, 15) is 18.5 Å². The van der Waals surface area contributed by atoms with Gasteiger partial charge in [0.2, 0.25) is 0 Å². The maximum Gasteiger partial charge on any atom is 0.339 e. The van der Waals surface area contributed by atoms with Crippen LogP contribution >= 0.6 is 0 Å². The highest BCUT2D eigenvalue weighted by molar-refractivity contribution is 7.87. The lowest BCUT2D eigenvalue weighted by atomic mass is 10.0. The molecule has 0 aliphatic heterocycles. The third-order valence-corrected chi connectivity index (χ3v) is 5.32. The second kappa shape index (κ2) is 6.00. The molecule has 0 aromatic heterocycles. The summed E-state index contributed by atoms with van der Waals surface area (Å²) in [5.41, 5.74) is 2.86. The average molecular weight is 335 g/mol. The lowest BCUT2D eigenvalue weighted by Crippen LogP contribution is -2.14. The SMILES string of the molecule is Cc1cc(C)c(C)c(S(=O)(=O)Oc2ccc([N+](=O)[O-])cc2)c1C. The first kappa shape index (κ1) is 17.0. The third kappa shape index (κ3) is 3.34. The average Bonchev–Trinajstić information content (AvgIpc) is 2.45. The van der Waals surface area contributed by atoms with E-state index in [2.05, 4.69) is 0 Å². The van der Waals surface area contributed by atoms with Gasteiger partial charge in [-0.05, 0) is 62.1 Å². The molecule has 23 heavy (non-hydrogen) atoms. The molecule has 0 fully saturated rings. The van der Waals surface area contributed by atoms with Gasteiger partial charge in [-0.15, -0.1) is 0 Å². The summed E-state index contributed by atoms with van der Waals surface area (Å²) in [6, 6.07) is 6.86. The summed E-state index contributed by atoms with van der Waals surface area (Å²) in [4.78, 5) is 10.2. The van der Waals surface area contributed by atoms with Gasteiger partial charge in [-0.2, -0.15) is 8.42 Å². The molecule has 0 aliphatic rings. The van der Waals surface area contributed by atoms with Crippen LogP contribution < -0.4 is 4.18 Å². The molecule has 0 radical (unpaired) electrons. The Hall–Kier alpha value is -2.41. The maximum absolute atomic E-state index is 12.6. The fourth-order valence-electron chi connectivity index (χ4n) is 2.35. The minimum absolute atomic E-state index is 0.0357. The Labute approximate surface area is 135 Å². The molecule has 0 heterocycles. The molecule has 0 saturated heterocycles. The van der Waals surface area contributed by atoms with Crippen LogP contribution in [0, 0.1) is 37.8 Å². The van der Waals surface area contributed by atoms with Crippen LogP contribution in [0.4, 0.5) is 5.69 Å². The lowest BCUT2D eigenvalue weighted by Gasteiger charge is -2.15. The lowest BCUT2D eigenvalue weighted by molar-refractivity contribution is -0.384. The molecule has 2 aromatic carbocycles. The van der Waals surface area contributed by atoms with Crippen LogP contribution in [0.3, 0.4) is 0 Å². The van der Waals surface area contributed by atoms with Gasteiger partial charge in [0.1, 0.15) is 10.6 Å². The molecule has 2 aromatic rings. The van der Waals surface area contributed by atoms with Gasteiger partial charge in [0, 0.05) is 12.1 Å². The summed E-state index contributed by atoms with van der Waals surface area (Å²) in [6.45, 7) is 7.14. The Morgan fingerprint density at radius 2 is 1.43 bits per heavy atom. The van der Waals surface area contributed by atoms with E-state index in [0.29, 0.717) is 11.1 Å². The van der Waals surface area contributed by atoms with Crippen molar-refractivity contribution in [1.82, 2.24) is 0 Å². The molecule has 0 aliphatic carbocycles. The van der Waals surface area contributed by atoms with Crippen molar-refractivity contribution in [3.05, 3.63) is 62.7 Å². The number of hydrogen-bond donors (Lipinski definition) is 0. The zero-order valence-corrected chi connectivity index (χ0v) is 14.1. The maximum atomic E-state index is 12.6. The normalized spacial score (nSPS) is 11.3. The summed E-state index contributed by atoms with van der Waals surface area (Å²) < 4.78 is 30.4. The summed E-state index contributed by atoms with van der Waals surface area (Å²) in [5.74, 6) is 0.0357. The van der Waals surface area contributed by atoms with Crippen LogP contribution in [0.15, 0.2) is 35.2 Å². The van der Waals surface area contributed by atoms with Gasteiger partial charge in [-0.25, -0.2) is 0 Å². The van der Waals surface area contributed by atoms with Crippen molar-refractivity contribution in [2.45, 2.75) is 32.6 Å². The van der Waals surface area contributed by atoms with E-state index in [1.54, 1.807) is 13.8 Å². The van der Waals surface area contributed by atoms with E-state index in [4.69, 9.17) is 4.18 Å². The number of non-ortho nitro benzene ring substituents is 1. The number of hydrogen-bond acceptors (Lipinski definition) is 5. The van der Waals surface area contributed by atoms with Crippen molar-refractivity contribution in [2.75, 3.05) is 0 Å². The standard InChI is InChI=1S/C16H17NO5S/c1-10-9-11(2)13(4)16(12(10)3)23(20,21)22-15-7-5-14(6-8-15)17(18)19/h5-9H,1-4H3. The molecule has 0 bridgehead atoms. The highest BCUT2D eigenvalue weighted by atomic mass is 32.2. The van der Waals surface area contributed by atoms with Crippen molar-refractivity contribution >= 4 is 15.8 Å². The summed E-state index contributed by atoms with van der Waals surface area (Å²) in [6.07, 6.45) is 0. The smallest absolute Gasteiger partial charge is 0.339 e. The Morgan fingerprint density at radius 1 is 0.957 bits per heavy atom. The molecule has 0 N–H and O–H groups in total. The topological polar surface area (TPSA) is 86.5 Å². The molecule has 0 atom stereocenters. The second-order valence-corrected chi connectivity index (χ2v) is 6.86. The van der Waals surface area contributed by atoms with E-state index in [-0.39, 0.29) is 16.3 Å². The Bertz CT molecular complexity index is 844. The number of rotatable bonds is 4. The first-order chi connectivity index (χ1) is 10.6. The number of nitrogens with zero attached hydrogens (tertiary/aromatic N) is 1. The van der Waals surface area contributed by atoms with Crippen LogP contribution in [-0.4, -0.2) is 13.3 Å². The third-order valence-electron chi connectivity index (χ3n) is 3.80. The molecular weight excluding hydrogens is 318 g/mol. The van der Waals surface area contributed by atoms with Crippen molar-refractivity contribution in [3.63, 3.8) is 0 Å². The molecule has 0 amide bonds. The predicted molar refractivity (Wildman–Crippen MR) is 86.3 cm³/mol.